The number of amides is 1. The van der Waals surface area contributed by atoms with E-state index in [0.29, 0.717) is 11.5 Å². The molecule has 2 aromatic heterocycles. The SMILES string of the molecule is CN(C)c1nc(NC2CCC(NC(=O)C(=O)c3cn(C)c4ccccc34)CC2)nc2ccccc12. The molecule has 35 heavy (non-hydrogen) atoms. The van der Waals surface area contributed by atoms with Gasteiger partial charge >= 0.3 is 0 Å². The average Bonchev–Trinajstić information content (AvgIpc) is 3.20. The fourth-order valence-electron chi connectivity index (χ4n) is 4.93. The van der Waals surface area contributed by atoms with E-state index in [0.717, 1.165) is 53.3 Å². The van der Waals surface area contributed by atoms with Gasteiger partial charge in [-0.25, -0.2) is 4.98 Å². The molecule has 2 N–H and O–H groups in total. The van der Waals surface area contributed by atoms with Gasteiger partial charge in [-0.1, -0.05) is 30.3 Å². The number of aromatic nitrogens is 3. The first-order chi connectivity index (χ1) is 16.9. The van der Waals surface area contributed by atoms with Crippen LogP contribution in [0.2, 0.25) is 0 Å². The number of hydrogen-bond donors (Lipinski definition) is 2. The number of Topliss-reactive ketones (excluding diaryl/α,β-unsaturated/α-hetero) is 1. The van der Waals surface area contributed by atoms with Crippen molar-refractivity contribution in [1.82, 2.24) is 19.9 Å². The van der Waals surface area contributed by atoms with Crippen molar-refractivity contribution in [3.05, 3.63) is 60.3 Å². The lowest BCUT2D eigenvalue weighted by molar-refractivity contribution is -0.117. The van der Waals surface area contributed by atoms with E-state index in [2.05, 4.69) is 10.6 Å². The number of anilines is 2. The van der Waals surface area contributed by atoms with E-state index >= 15 is 0 Å². The summed E-state index contributed by atoms with van der Waals surface area (Å²) in [7, 11) is 5.84. The number of nitrogens with one attached hydrogen (secondary N) is 2. The molecule has 0 unspecified atom stereocenters. The van der Waals surface area contributed by atoms with Crippen LogP contribution in [0, 0.1) is 0 Å². The normalized spacial score (nSPS) is 17.9. The highest BCUT2D eigenvalue weighted by Crippen LogP contribution is 2.27. The van der Waals surface area contributed by atoms with E-state index in [4.69, 9.17) is 9.97 Å². The molecule has 4 aromatic rings. The van der Waals surface area contributed by atoms with Gasteiger partial charge in [-0.2, -0.15) is 4.98 Å². The fraction of sp³-hybridized carbons (Fsp3) is 0.333. The Morgan fingerprint density at radius 3 is 2.31 bits per heavy atom. The molecule has 0 aliphatic heterocycles. The maximum absolute atomic E-state index is 12.9. The second-order valence-corrected chi connectivity index (χ2v) is 9.45. The van der Waals surface area contributed by atoms with Crippen molar-refractivity contribution >= 4 is 45.3 Å². The Bertz CT molecular complexity index is 1400. The number of benzene rings is 2. The Balaban J connectivity index is 1.21. The molecule has 1 saturated carbocycles. The molecule has 1 aliphatic rings. The second kappa shape index (κ2) is 9.37. The molecule has 0 radical (unpaired) electrons. The highest BCUT2D eigenvalue weighted by atomic mass is 16.2. The lowest BCUT2D eigenvalue weighted by atomic mass is 9.91. The molecule has 8 nitrogen and oxygen atoms in total. The molecule has 2 aromatic carbocycles. The van der Waals surface area contributed by atoms with Gasteiger partial charge in [0.25, 0.3) is 11.7 Å². The number of fused-ring (bicyclic) bond motifs is 2. The van der Waals surface area contributed by atoms with Gasteiger partial charge in [0.1, 0.15) is 5.82 Å². The summed E-state index contributed by atoms with van der Waals surface area (Å²) in [6, 6.07) is 15.8. The van der Waals surface area contributed by atoms with Crippen molar-refractivity contribution in [2.75, 3.05) is 24.3 Å². The molecule has 1 aliphatic carbocycles. The average molecular weight is 471 g/mol. The zero-order valence-electron chi connectivity index (χ0n) is 20.3. The van der Waals surface area contributed by atoms with Gasteiger partial charge in [0.05, 0.1) is 11.1 Å². The van der Waals surface area contributed by atoms with Crippen LogP contribution < -0.4 is 15.5 Å². The van der Waals surface area contributed by atoms with Crippen LogP contribution >= 0.6 is 0 Å². The van der Waals surface area contributed by atoms with Crippen molar-refractivity contribution in [3.63, 3.8) is 0 Å². The van der Waals surface area contributed by atoms with Crippen LogP contribution in [0.5, 0.6) is 0 Å². The number of carbonyl (C=O) groups is 2. The molecule has 5 rings (SSSR count). The van der Waals surface area contributed by atoms with E-state index in [1.54, 1.807) is 6.20 Å². The second-order valence-electron chi connectivity index (χ2n) is 9.45. The van der Waals surface area contributed by atoms with E-state index in [1.165, 1.54) is 0 Å². The quantitative estimate of drug-likeness (QED) is 0.328. The number of ketones is 1. The van der Waals surface area contributed by atoms with Gasteiger partial charge in [-0.3, -0.25) is 9.59 Å². The molecule has 0 bridgehead atoms. The molecule has 2 heterocycles. The van der Waals surface area contributed by atoms with Crippen molar-refractivity contribution in [2.45, 2.75) is 37.8 Å². The fourth-order valence-corrected chi connectivity index (χ4v) is 4.93. The van der Waals surface area contributed by atoms with Crippen LogP contribution in [0.1, 0.15) is 36.0 Å². The number of hydrogen-bond acceptors (Lipinski definition) is 6. The lowest BCUT2D eigenvalue weighted by Gasteiger charge is -2.29. The molecule has 1 fully saturated rings. The summed E-state index contributed by atoms with van der Waals surface area (Å²) >= 11 is 0. The first-order valence-corrected chi connectivity index (χ1v) is 12.0. The number of aryl methyl sites for hydroxylation is 1. The lowest BCUT2D eigenvalue weighted by Crippen LogP contribution is -2.43. The predicted octanol–water partition coefficient (Wildman–Crippen LogP) is 3.91. The Hall–Kier alpha value is -3.94. The van der Waals surface area contributed by atoms with Gasteiger partial charge in [0.15, 0.2) is 0 Å². The Morgan fingerprint density at radius 2 is 1.57 bits per heavy atom. The highest BCUT2D eigenvalue weighted by molar-refractivity contribution is 6.45. The zero-order valence-corrected chi connectivity index (χ0v) is 20.3. The van der Waals surface area contributed by atoms with Gasteiger partial charge in [-0.15, -0.1) is 0 Å². The summed E-state index contributed by atoms with van der Waals surface area (Å²) in [5.74, 6) is 0.478. The molecule has 0 spiro atoms. The predicted molar refractivity (Wildman–Crippen MR) is 139 cm³/mol. The van der Waals surface area contributed by atoms with Crippen LogP contribution in [-0.4, -0.2) is 52.4 Å². The Morgan fingerprint density at radius 1 is 0.914 bits per heavy atom. The number of nitrogens with zero attached hydrogens (tertiary/aromatic N) is 4. The maximum Gasteiger partial charge on any atom is 0.292 e. The molecule has 1 amide bonds. The van der Waals surface area contributed by atoms with E-state index < -0.39 is 11.7 Å². The monoisotopic (exact) mass is 470 g/mol. The molecule has 0 saturated heterocycles. The summed E-state index contributed by atoms with van der Waals surface area (Å²) in [5, 5.41) is 8.26. The summed E-state index contributed by atoms with van der Waals surface area (Å²) in [6.07, 6.45) is 5.04. The summed E-state index contributed by atoms with van der Waals surface area (Å²) in [6.45, 7) is 0. The topological polar surface area (TPSA) is 92.2 Å². The third kappa shape index (κ3) is 4.56. The van der Waals surface area contributed by atoms with Crippen LogP contribution in [0.3, 0.4) is 0 Å². The molecular formula is C27H30N6O2. The minimum atomic E-state index is -0.536. The third-order valence-electron chi connectivity index (χ3n) is 6.75. The summed E-state index contributed by atoms with van der Waals surface area (Å²) in [4.78, 5) is 37.1. The van der Waals surface area contributed by atoms with Crippen molar-refractivity contribution in [3.8, 4) is 0 Å². The van der Waals surface area contributed by atoms with E-state index in [-0.39, 0.29) is 12.1 Å². The minimum absolute atomic E-state index is 0.0191. The minimum Gasteiger partial charge on any atom is -0.362 e. The van der Waals surface area contributed by atoms with E-state index in [1.807, 2.05) is 79.1 Å². The highest BCUT2D eigenvalue weighted by Gasteiger charge is 2.27. The van der Waals surface area contributed by atoms with Crippen LogP contribution in [0.25, 0.3) is 21.8 Å². The Kier molecular flexibility index (Phi) is 6.11. The number of carbonyl (C=O) groups excluding carboxylic acids is 2. The van der Waals surface area contributed by atoms with Crippen molar-refractivity contribution in [1.29, 1.82) is 0 Å². The van der Waals surface area contributed by atoms with E-state index in [9.17, 15) is 9.59 Å². The third-order valence-corrected chi connectivity index (χ3v) is 6.75. The van der Waals surface area contributed by atoms with Crippen molar-refractivity contribution in [2.24, 2.45) is 7.05 Å². The zero-order chi connectivity index (χ0) is 24.5. The van der Waals surface area contributed by atoms with Gasteiger partial charge < -0.3 is 20.1 Å². The van der Waals surface area contributed by atoms with Gasteiger partial charge in [0, 0.05) is 55.7 Å². The standard InChI is InChI=1S/C27H30N6O2/c1-32(2)25-20-9-4-6-10-22(20)30-27(31-25)29-18-14-12-17(13-15-18)28-26(35)24(34)21-16-33(3)23-11-7-5-8-19(21)23/h4-11,16-18H,12-15H2,1-3H3,(H,28,35)(H,29,30,31). The van der Waals surface area contributed by atoms with Gasteiger partial charge in [-0.05, 0) is 43.9 Å². The molecule has 8 heteroatoms. The largest absolute Gasteiger partial charge is 0.362 e. The smallest absolute Gasteiger partial charge is 0.292 e. The van der Waals surface area contributed by atoms with Gasteiger partial charge in [0.2, 0.25) is 5.95 Å². The van der Waals surface area contributed by atoms with Crippen LogP contribution in [0.4, 0.5) is 11.8 Å². The molecule has 180 valence electrons. The first kappa shape index (κ1) is 22.8. The first-order valence-electron chi connectivity index (χ1n) is 12.0. The summed E-state index contributed by atoms with van der Waals surface area (Å²) < 4.78 is 1.88. The number of para-hydroxylation sites is 2. The molecular weight excluding hydrogens is 440 g/mol. The van der Waals surface area contributed by atoms with Crippen LogP contribution in [0.15, 0.2) is 54.7 Å². The van der Waals surface area contributed by atoms with Crippen LogP contribution in [-0.2, 0) is 11.8 Å². The summed E-state index contributed by atoms with van der Waals surface area (Å²) in [5.41, 5.74) is 2.28. The molecule has 0 atom stereocenters. The maximum atomic E-state index is 12.9. The van der Waals surface area contributed by atoms with Crippen molar-refractivity contribution < 1.29 is 9.59 Å². The number of rotatable bonds is 6. The Labute approximate surface area is 204 Å².